The highest BCUT2D eigenvalue weighted by Gasteiger charge is 2.41. The maximum absolute atomic E-state index is 14.6. The van der Waals surface area contributed by atoms with Gasteiger partial charge in [-0.3, -0.25) is 4.90 Å². The average Bonchev–Trinajstić information content (AvgIpc) is 3.21. The fourth-order valence-corrected chi connectivity index (χ4v) is 4.97. The van der Waals surface area contributed by atoms with E-state index in [1.807, 2.05) is 11.8 Å². The van der Waals surface area contributed by atoms with Gasteiger partial charge in [-0.2, -0.15) is 0 Å². The lowest BCUT2D eigenvalue weighted by atomic mass is 10.2. The fraction of sp³-hybridized carbons (Fsp3) is 0.533. The number of carbonyl (C=O) groups is 1. The SMILES string of the molecule is O=C1OC(CO)CN1c1ccc(N2C3CCC2SC3)c(F)c1. The van der Waals surface area contributed by atoms with Gasteiger partial charge in [-0.15, -0.1) is 11.8 Å². The molecule has 2 bridgehead atoms. The third-order valence-corrected chi connectivity index (χ3v) is 5.96. The molecule has 5 nitrogen and oxygen atoms in total. The van der Waals surface area contributed by atoms with E-state index in [1.54, 1.807) is 12.1 Å². The lowest BCUT2D eigenvalue weighted by Crippen LogP contribution is -2.30. The van der Waals surface area contributed by atoms with Crippen LogP contribution in [0.4, 0.5) is 20.6 Å². The number of rotatable bonds is 3. The third-order valence-electron chi connectivity index (χ3n) is 4.53. The molecule has 0 radical (unpaired) electrons. The fourth-order valence-electron chi connectivity index (χ4n) is 3.45. The molecule has 3 unspecified atom stereocenters. The van der Waals surface area contributed by atoms with Crippen molar-refractivity contribution in [1.29, 1.82) is 0 Å². The van der Waals surface area contributed by atoms with Crippen molar-refractivity contribution in [3.63, 3.8) is 0 Å². The number of nitrogens with zero attached hydrogens (tertiary/aromatic N) is 2. The molecule has 1 aromatic rings. The van der Waals surface area contributed by atoms with Crippen LogP contribution in [0.3, 0.4) is 0 Å². The Morgan fingerprint density at radius 1 is 1.41 bits per heavy atom. The van der Waals surface area contributed by atoms with E-state index in [0.717, 1.165) is 18.6 Å². The van der Waals surface area contributed by atoms with Crippen molar-refractivity contribution in [3.8, 4) is 0 Å². The molecule has 1 N–H and O–H groups in total. The number of aliphatic hydroxyl groups is 1. The largest absolute Gasteiger partial charge is 0.441 e. The van der Waals surface area contributed by atoms with Crippen molar-refractivity contribution in [2.75, 3.05) is 28.7 Å². The van der Waals surface area contributed by atoms with Crippen LogP contribution >= 0.6 is 11.8 Å². The van der Waals surface area contributed by atoms with Crippen molar-refractivity contribution < 1.29 is 19.0 Å². The van der Waals surface area contributed by atoms with Gasteiger partial charge in [0.25, 0.3) is 0 Å². The quantitative estimate of drug-likeness (QED) is 0.924. The number of carbonyl (C=O) groups excluding carboxylic acids is 1. The Morgan fingerprint density at radius 3 is 2.82 bits per heavy atom. The molecule has 3 aliphatic heterocycles. The number of hydrogen-bond donors (Lipinski definition) is 1. The second-order valence-electron chi connectivity index (χ2n) is 5.86. The summed E-state index contributed by atoms with van der Waals surface area (Å²) in [5.41, 5.74) is 1.09. The van der Waals surface area contributed by atoms with Crippen molar-refractivity contribution >= 4 is 29.2 Å². The third kappa shape index (κ3) is 2.14. The van der Waals surface area contributed by atoms with Gasteiger partial charge in [0.2, 0.25) is 0 Å². The smallest absolute Gasteiger partial charge is 0.414 e. The topological polar surface area (TPSA) is 53.0 Å². The molecule has 7 heteroatoms. The van der Waals surface area contributed by atoms with Gasteiger partial charge in [-0.05, 0) is 31.0 Å². The second-order valence-corrected chi connectivity index (χ2v) is 7.07. The van der Waals surface area contributed by atoms with E-state index in [2.05, 4.69) is 4.90 Å². The predicted octanol–water partition coefficient (Wildman–Crippen LogP) is 2.18. The first-order valence-corrected chi connectivity index (χ1v) is 8.51. The van der Waals surface area contributed by atoms with Gasteiger partial charge in [0, 0.05) is 11.8 Å². The van der Waals surface area contributed by atoms with Gasteiger partial charge < -0.3 is 14.7 Å². The van der Waals surface area contributed by atoms with Crippen molar-refractivity contribution in [2.45, 2.75) is 30.4 Å². The van der Waals surface area contributed by atoms with Gasteiger partial charge in [-0.25, -0.2) is 9.18 Å². The highest BCUT2D eigenvalue weighted by molar-refractivity contribution is 8.00. The summed E-state index contributed by atoms with van der Waals surface area (Å²) in [6, 6.07) is 5.31. The highest BCUT2D eigenvalue weighted by Crippen LogP contribution is 2.45. The molecule has 0 aromatic heterocycles. The van der Waals surface area contributed by atoms with Crippen LogP contribution in [-0.2, 0) is 4.74 Å². The molecule has 0 aliphatic carbocycles. The molecule has 0 spiro atoms. The summed E-state index contributed by atoms with van der Waals surface area (Å²) in [5.74, 6) is 0.750. The Labute approximate surface area is 132 Å². The number of amides is 1. The van der Waals surface area contributed by atoms with E-state index in [4.69, 9.17) is 9.84 Å². The Hall–Kier alpha value is -1.47. The second kappa shape index (κ2) is 5.31. The normalized spacial score (nSPS) is 30.3. The first-order valence-electron chi connectivity index (χ1n) is 7.46. The summed E-state index contributed by atoms with van der Waals surface area (Å²) in [6.45, 7) is 0.0239. The van der Waals surface area contributed by atoms with Crippen LogP contribution in [0.25, 0.3) is 0 Å². The van der Waals surface area contributed by atoms with E-state index < -0.39 is 12.2 Å². The first-order chi connectivity index (χ1) is 10.7. The van der Waals surface area contributed by atoms with Gasteiger partial charge in [0.1, 0.15) is 11.9 Å². The molecule has 3 fully saturated rings. The van der Waals surface area contributed by atoms with E-state index in [0.29, 0.717) is 22.8 Å². The maximum atomic E-state index is 14.6. The van der Waals surface area contributed by atoms with Crippen molar-refractivity contribution in [2.24, 2.45) is 0 Å². The van der Waals surface area contributed by atoms with Gasteiger partial charge in [-0.1, -0.05) is 0 Å². The Balaban J connectivity index is 1.60. The lowest BCUT2D eigenvalue weighted by molar-refractivity contribution is 0.0963. The summed E-state index contributed by atoms with van der Waals surface area (Å²) < 4.78 is 19.5. The van der Waals surface area contributed by atoms with Crippen LogP contribution in [0.5, 0.6) is 0 Å². The summed E-state index contributed by atoms with van der Waals surface area (Å²) in [5, 5.41) is 9.44. The number of cyclic esters (lactones) is 1. The number of thioether (sulfide) groups is 1. The minimum atomic E-state index is -0.541. The molecule has 1 amide bonds. The number of hydrogen-bond acceptors (Lipinski definition) is 5. The molecule has 3 saturated heterocycles. The van der Waals surface area contributed by atoms with Crippen LogP contribution in [-0.4, -0.2) is 47.6 Å². The van der Waals surface area contributed by atoms with Crippen LogP contribution in [0.2, 0.25) is 0 Å². The molecule has 1 aromatic carbocycles. The summed E-state index contributed by atoms with van der Waals surface area (Å²) in [4.78, 5) is 15.3. The number of halogens is 1. The van der Waals surface area contributed by atoms with Crippen LogP contribution < -0.4 is 9.80 Å². The molecular formula is C15H17FN2O3S. The Bertz CT molecular complexity index is 594. The van der Waals surface area contributed by atoms with E-state index in [9.17, 15) is 9.18 Å². The van der Waals surface area contributed by atoms with Crippen LogP contribution in [0, 0.1) is 5.82 Å². The summed E-state index contributed by atoms with van der Waals surface area (Å²) in [6.07, 6.45) is 1.15. The highest BCUT2D eigenvalue weighted by atomic mass is 32.2. The molecule has 118 valence electrons. The first kappa shape index (κ1) is 14.1. The lowest BCUT2D eigenvalue weighted by Gasteiger charge is -2.25. The molecular weight excluding hydrogens is 307 g/mol. The van der Waals surface area contributed by atoms with Crippen LogP contribution in [0.1, 0.15) is 12.8 Å². The number of benzene rings is 1. The van der Waals surface area contributed by atoms with Crippen LogP contribution in [0.15, 0.2) is 18.2 Å². The maximum Gasteiger partial charge on any atom is 0.414 e. The number of anilines is 2. The van der Waals surface area contributed by atoms with E-state index in [-0.39, 0.29) is 19.0 Å². The Kier molecular flexibility index (Phi) is 3.41. The minimum Gasteiger partial charge on any atom is -0.441 e. The van der Waals surface area contributed by atoms with E-state index in [1.165, 1.54) is 11.0 Å². The molecule has 3 aliphatic rings. The van der Waals surface area contributed by atoms with Gasteiger partial charge in [0.15, 0.2) is 0 Å². The zero-order valence-corrected chi connectivity index (χ0v) is 12.8. The average molecular weight is 324 g/mol. The minimum absolute atomic E-state index is 0.225. The molecule has 22 heavy (non-hydrogen) atoms. The van der Waals surface area contributed by atoms with Gasteiger partial charge in [0.05, 0.1) is 29.9 Å². The molecule has 0 saturated carbocycles. The van der Waals surface area contributed by atoms with E-state index >= 15 is 0 Å². The number of aliphatic hydroxyl groups excluding tert-OH is 1. The predicted molar refractivity (Wildman–Crippen MR) is 82.8 cm³/mol. The zero-order chi connectivity index (χ0) is 15.3. The zero-order valence-electron chi connectivity index (χ0n) is 11.9. The van der Waals surface area contributed by atoms with Crippen molar-refractivity contribution in [3.05, 3.63) is 24.0 Å². The monoisotopic (exact) mass is 324 g/mol. The standard InChI is InChI=1S/C15H17FN2O3S/c16-12-5-9(17-6-11(7-19)21-15(17)20)1-3-13(12)18-10-2-4-14(18)22-8-10/h1,3,5,10-11,14,19H,2,4,6-8H2. The Morgan fingerprint density at radius 2 is 2.27 bits per heavy atom. The molecule has 3 heterocycles. The molecule has 3 atom stereocenters. The van der Waals surface area contributed by atoms with Gasteiger partial charge >= 0.3 is 6.09 Å². The summed E-state index contributed by atoms with van der Waals surface area (Å²) in [7, 11) is 0. The summed E-state index contributed by atoms with van der Waals surface area (Å²) >= 11 is 1.88. The number of ether oxygens (including phenoxy) is 1. The number of fused-ring (bicyclic) bond motifs is 2. The van der Waals surface area contributed by atoms with Crippen molar-refractivity contribution in [1.82, 2.24) is 0 Å². The molecule has 4 rings (SSSR count).